The molecular formula is C13H15BrClN3OS. The molecule has 2 heterocycles. The van der Waals surface area contributed by atoms with E-state index in [2.05, 4.69) is 26.1 Å². The van der Waals surface area contributed by atoms with Gasteiger partial charge in [0.1, 0.15) is 0 Å². The van der Waals surface area contributed by atoms with Crippen LogP contribution in [-0.4, -0.2) is 28.1 Å². The third-order valence-electron chi connectivity index (χ3n) is 2.88. The zero-order chi connectivity index (χ0) is 14.9. The second-order valence-corrected chi connectivity index (χ2v) is 7.41. The number of hydrogen-bond donors (Lipinski definition) is 1. The van der Waals surface area contributed by atoms with Crippen molar-refractivity contribution >= 4 is 44.8 Å². The molecule has 1 N–H and O–H groups in total. The van der Waals surface area contributed by atoms with Crippen LogP contribution in [0, 0.1) is 0 Å². The predicted molar refractivity (Wildman–Crippen MR) is 85.5 cm³/mol. The van der Waals surface area contributed by atoms with Crippen molar-refractivity contribution in [2.24, 2.45) is 0 Å². The Morgan fingerprint density at radius 3 is 2.75 bits per heavy atom. The number of aromatic nitrogens is 2. The number of H-pyrrole nitrogens is 1. The summed E-state index contributed by atoms with van der Waals surface area (Å²) in [4.78, 5) is 15.1. The van der Waals surface area contributed by atoms with E-state index in [9.17, 15) is 4.79 Å². The molecule has 0 aliphatic heterocycles. The van der Waals surface area contributed by atoms with Gasteiger partial charge in [-0.2, -0.15) is 5.10 Å². The molecule has 0 saturated carbocycles. The van der Waals surface area contributed by atoms with Gasteiger partial charge < -0.3 is 4.90 Å². The number of nitrogens with zero attached hydrogens (tertiary/aromatic N) is 2. The average molecular weight is 377 g/mol. The van der Waals surface area contributed by atoms with Crippen LogP contribution in [0.4, 0.5) is 0 Å². The lowest BCUT2D eigenvalue weighted by Crippen LogP contribution is -2.26. The van der Waals surface area contributed by atoms with E-state index in [1.54, 1.807) is 11.9 Å². The summed E-state index contributed by atoms with van der Waals surface area (Å²) in [5.41, 5.74) is 1.35. The van der Waals surface area contributed by atoms with Gasteiger partial charge in [-0.25, -0.2) is 0 Å². The minimum Gasteiger partial charge on any atom is -0.335 e. The van der Waals surface area contributed by atoms with Crippen molar-refractivity contribution in [1.29, 1.82) is 0 Å². The van der Waals surface area contributed by atoms with Gasteiger partial charge >= 0.3 is 0 Å². The molecule has 0 aliphatic carbocycles. The molecule has 108 valence electrons. The normalized spacial score (nSPS) is 11.1. The van der Waals surface area contributed by atoms with E-state index in [4.69, 9.17) is 11.6 Å². The molecule has 2 aromatic heterocycles. The Morgan fingerprint density at radius 1 is 1.55 bits per heavy atom. The van der Waals surface area contributed by atoms with Crippen LogP contribution in [0.15, 0.2) is 16.6 Å². The molecule has 0 bridgehead atoms. The molecule has 0 aliphatic rings. The third-order valence-corrected chi connectivity index (χ3v) is 4.90. The summed E-state index contributed by atoms with van der Waals surface area (Å²) in [6, 6.07) is 3.76. The van der Waals surface area contributed by atoms with Crippen molar-refractivity contribution in [1.82, 2.24) is 15.1 Å². The standard InChI is InChI=1S/C13H15BrClN3OS/c1-7(2)11-10(14)12(17-16-11)13(19)18(3)6-8-4-5-9(15)20-8/h4-5,7H,6H2,1-3H3,(H,16,17). The first-order chi connectivity index (χ1) is 9.40. The quantitative estimate of drug-likeness (QED) is 0.865. The van der Waals surface area contributed by atoms with Gasteiger partial charge in [-0.3, -0.25) is 9.89 Å². The van der Waals surface area contributed by atoms with Gasteiger partial charge in [0.15, 0.2) is 5.69 Å². The molecule has 4 nitrogen and oxygen atoms in total. The molecule has 2 aromatic rings. The zero-order valence-corrected chi connectivity index (χ0v) is 14.6. The largest absolute Gasteiger partial charge is 0.335 e. The maximum Gasteiger partial charge on any atom is 0.275 e. The lowest BCUT2D eigenvalue weighted by Gasteiger charge is -2.15. The number of amides is 1. The molecule has 1 amide bonds. The van der Waals surface area contributed by atoms with E-state index in [0.29, 0.717) is 12.2 Å². The van der Waals surface area contributed by atoms with Crippen LogP contribution in [0.2, 0.25) is 4.34 Å². The van der Waals surface area contributed by atoms with Crippen LogP contribution in [0.1, 0.15) is 40.8 Å². The van der Waals surface area contributed by atoms with Crippen LogP contribution < -0.4 is 0 Å². The fraction of sp³-hybridized carbons (Fsp3) is 0.385. The van der Waals surface area contributed by atoms with E-state index in [1.807, 2.05) is 26.0 Å². The Balaban J connectivity index is 2.14. The number of hydrogen-bond acceptors (Lipinski definition) is 3. The SMILES string of the molecule is CC(C)c1[nH]nc(C(=O)N(C)Cc2ccc(Cl)s2)c1Br. The van der Waals surface area contributed by atoms with Crippen molar-refractivity contribution in [3.63, 3.8) is 0 Å². The lowest BCUT2D eigenvalue weighted by molar-refractivity contribution is 0.0779. The minimum absolute atomic E-state index is 0.121. The van der Waals surface area contributed by atoms with E-state index in [0.717, 1.165) is 19.4 Å². The van der Waals surface area contributed by atoms with Crippen molar-refractivity contribution in [2.45, 2.75) is 26.3 Å². The highest BCUT2D eigenvalue weighted by atomic mass is 79.9. The van der Waals surface area contributed by atoms with E-state index < -0.39 is 0 Å². The Kier molecular flexibility index (Phi) is 4.88. The first kappa shape index (κ1) is 15.5. The fourth-order valence-electron chi connectivity index (χ4n) is 1.79. The molecule has 2 rings (SSSR count). The van der Waals surface area contributed by atoms with Crippen molar-refractivity contribution in [3.8, 4) is 0 Å². The van der Waals surface area contributed by atoms with Gasteiger partial charge in [0.25, 0.3) is 5.91 Å². The van der Waals surface area contributed by atoms with Crippen LogP contribution in [0.3, 0.4) is 0 Å². The second kappa shape index (κ2) is 6.28. The summed E-state index contributed by atoms with van der Waals surface area (Å²) in [7, 11) is 1.76. The number of thiophene rings is 1. The van der Waals surface area contributed by atoms with Crippen LogP contribution >= 0.6 is 38.9 Å². The lowest BCUT2D eigenvalue weighted by atomic mass is 10.1. The first-order valence-corrected chi connectivity index (χ1v) is 8.12. The van der Waals surface area contributed by atoms with Gasteiger partial charge in [-0.15, -0.1) is 11.3 Å². The summed E-state index contributed by atoms with van der Waals surface area (Å²) < 4.78 is 1.47. The maximum atomic E-state index is 12.4. The smallest absolute Gasteiger partial charge is 0.275 e. The highest BCUT2D eigenvalue weighted by Gasteiger charge is 2.22. The first-order valence-electron chi connectivity index (χ1n) is 6.13. The Labute approximate surface area is 135 Å². The van der Waals surface area contributed by atoms with Gasteiger partial charge in [-0.05, 0) is 34.0 Å². The topological polar surface area (TPSA) is 49.0 Å². The summed E-state index contributed by atoms with van der Waals surface area (Å²) in [5, 5.41) is 7.03. The molecule has 0 atom stereocenters. The Hall–Kier alpha value is -0.850. The molecule has 0 radical (unpaired) electrons. The summed E-state index contributed by atoms with van der Waals surface area (Å²) in [6.45, 7) is 4.61. The van der Waals surface area contributed by atoms with Crippen LogP contribution in [0.5, 0.6) is 0 Å². The van der Waals surface area contributed by atoms with E-state index in [1.165, 1.54) is 11.3 Å². The van der Waals surface area contributed by atoms with Gasteiger partial charge in [0.2, 0.25) is 0 Å². The van der Waals surface area contributed by atoms with Crippen molar-refractivity contribution in [3.05, 3.63) is 37.2 Å². The van der Waals surface area contributed by atoms with Crippen molar-refractivity contribution in [2.75, 3.05) is 7.05 Å². The van der Waals surface area contributed by atoms with E-state index >= 15 is 0 Å². The number of halogens is 2. The summed E-state index contributed by atoms with van der Waals surface area (Å²) in [6.07, 6.45) is 0. The maximum absolute atomic E-state index is 12.4. The molecule has 0 spiro atoms. The molecule has 0 unspecified atom stereocenters. The Morgan fingerprint density at radius 2 is 2.25 bits per heavy atom. The number of carbonyl (C=O) groups is 1. The highest BCUT2D eigenvalue weighted by Crippen LogP contribution is 2.27. The zero-order valence-electron chi connectivity index (χ0n) is 11.4. The number of aromatic amines is 1. The summed E-state index contributed by atoms with van der Waals surface area (Å²) >= 11 is 10.8. The van der Waals surface area contributed by atoms with Crippen LogP contribution in [-0.2, 0) is 6.54 Å². The number of rotatable bonds is 4. The number of carbonyl (C=O) groups excluding carboxylic acids is 1. The Bertz CT molecular complexity index is 623. The number of nitrogens with one attached hydrogen (secondary N) is 1. The van der Waals surface area contributed by atoms with Crippen LogP contribution in [0.25, 0.3) is 0 Å². The van der Waals surface area contributed by atoms with Gasteiger partial charge in [0.05, 0.1) is 21.0 Å². The molecule has 7 heteroatoms. The molecule has 20 heavy (non-hydrogen) atoms. The van der Waals surface area contributed by atoms with E-state index in [-0.39, 0.29) is 11.8 Å². The second-order valence-electron chi connectivity index (χ2n) is 4.82. The highest BCUT2D eigenvalue weighted by molar-refractivity contribution is 9.10. The molecule has 0 saturated heterocycles. The summed E-state index contributed by atoms with van der Waals surface area (Å²) in [5.74, 6) is 0.157. The van der Waals surface area contributed by atoms with Gasteiger partial charge in [-0.1, -0.05) is 25.4 Å². The van der Waals surface area contributed by atoms with Gasteiger partial charge in [0, 0.05) is 11.9 Å². The molecule has 0 aromatic carbocycles. The fourth-order valence-corrected chi connectivity index (χ4v) is 3.74. The van der Waals surface area contributed by atoms with Crippen molar-refractivity contribution < 1.29 is 4.79 Å². The third kappa shape index (κ3) is 3.24. The molecular weight excluding hydrogens is 362 g/mol. The minimum atomic E-state index is -0.121. The average Bonchev–Trinajstić information content (AvgIpc) is 2.94. The molecule has 0 fully saturated rings. The monoisotopic (exact) mass is 375 g/mol. The predicted octanol–water partition coefficient (Wildman–Crippen LogP) is 4.28.